The average Bonchev–Trinajstić information content (AvgIpc) is 2.49. The topological polar surface area (TPSA) is 0 Å². The molecule has 1 heteroatoms. The normalized spacial score (nSPS) is 20.7. The largest absolute Gasteiger partial charge is 0.0882 e. The molecule has 0 saturated heterocycles. The predicted octanol–water partition coefficient (Wildman–Crippen LogP) is 4.25. The molecule has 14 heavy (non-hydrogen) atoms. The molecule has 1 atom stereocenters. The fraction of sp³-hybridized carbons (Fsp3) is 0.846. The molecule has 0 spiro atoms. The molecule has 0 aromatic heterocycles. The average molecular weight is 210 g/mol. The van der Waals surface area contributed by atoms with Crippen molar-refractivity contribution in [3.05, 3.63) is 12.2 Å². The van der Waals surface area contributed by atoms with Crippen LogP contribution in [0.3, 0.4) is 0 Å². The number of hydrogen-bond acceptors (Lipinski definition) is 0. The summed E-state index contributed by atoms with van der Waals surface area (Å²) in [6.45, 7) is 12.2. The van der Waals surface area contributed by atoms with Gasteiger partial charge in [-0.2, -0.15) is 0 Å². The van der Waals surface area contributed by atoms with Crippen LogP contribution < -0.4 is 0 Å². The van der Waals surface area contributed by atoms with Crippen molar-refractivity contribution in [2.45, 2.75) is 58.7 Å². The summed E-state index contributed by atoms with van der Waals surface area (Å²) in [7, 11) is -0.478. The van der Waals surface area contributed by atoms with Gasteiger partial charge in [-0.3, -0.25) is 0 Å². The summed E-state index contributed by atoms with van der Waals surface area (Å²) in [4.78, 5) is 0. The zero-order chi connectivity index (χ0) is 10.8. The minimum absolute atomic E-state index is 0.478. The standard InChI is InChI=1S/C13H26Si/c1-13(2,3)10-12(14(4)5)11-8-6-7-9-11/h6-7,11-12,14H,8-10H2,1-5H3. The van der Waals surface area contributed by atoms with Crippen LogP contribution in [0.5, 0.6) is 0 Å². The van der Waals surface area contributed by atoms with Crippen LogP contribution in [0.2, 0.25) is 18.6 Å². The van der Waals surface area contributed by atoms with E-state index in [1.807, 2.05) is 0 Å². The van der Waals surface area contributed by atoms with Crippen molar-refractivity contribution in [1.82, 2.24) is 0 Å². The molecule has 0 radical (unpaired) electrons. The Balaban J connectivity index is 2.55. The van der Waals surface area contributed by atoms with E-state index in [-0.39, 0.29) is 0 Å². The first-order valence-corrected chi connectivity index (χ1v) is 9.03. The van der Waals surface area contributed by atoms with Gasteiger partial charge >= 0.3 is 0 Å². The van der Waals surface area contributed by atoms with Gasteiger partial charge in [0, 0.05) is 8.80 Å². The van der Waals surface area contributed by atoms with Crippen LogP contribution in [0, 0.1) is 11.3 Å². The van der Waals surface area contributed by atoms with Crippen LogP contribution in [0.25, 0.3) is 0 Å². The summed E-state index contributed by atoms with van der Waals surface area (Å²) in [5, 5.41) is 0. The van der Waals surface area contributed by atoms with E-state index in [1.165, 1.54) is 19.3 Å². The summed E-state index contributed by atoms with van der Waals surface area (Å²) >= 11 is 0. The van der Waals surface area contributed by atoms with E-state index in [2.05, 4.69) is 46.0 Å². The third-order valence-electron chi connectivity index (χ3n) is 3.35. The van der Waals surface area contributed by atoms with Gasteiger partial charge in [-0.05, 0) is 36.1 Å². The quantitative estimate of drug-likeness (QED) is 0.483. The molecule has 1 rings (SSSR count). The molecule has 0 aromatic carbocycles. The van der Waals surface area contributed by atoms with Gasteiger partial charge in [-0.25, -0.2) is 0 Å². The maximum absolute atomic E-state index is 2.52. The molecule has 0 heterocycles. The molecular formula is C13H26Si. The fourth-order valence-corrected chi connectivity index (χ4v) is 5.22. The number of hydrogen-bond donors (Lipinski definition) is 0. The minimum atomic E-state index is -0.478. The van der Waals surface area contributed by atoms with Gasteiger partial charge in [0.2, 0.25) is 0 Å². The van der Waals surface area contributed by atoms with Crippen LogP contribution in [0.1, 0.15) is 40.0 Å². The Bertz CT molecular complexity index is 190. The summed E-state index contributed by atoms with van der Waals surface area (Å²) in [5.74, 6) is 0.987. The van der Waals surface area contributed by atoms with E-state index in [0.717, 1.165) is 11.5 Å². The Labute approximate surface area is 91.4 Å². The van der Waals surface area contributed by atoms with Crippen molar-refractivity contribution in [1.29, 1.82) is 0 Å². The van der Waals surface area contributed by atoms with Gasteiger partial charge in [0.15, 0.2) is 0 Å². The van der Waals surface area contributed by atoms with Gasteiger partial charge in [0.1, 0.15) is 0 Å². The lowest BCUT2D eigenvalue weighted by atomic mass is 9.85. The second-order valence-corrected chi connectivity index (χ2v) is 9.72. The van der Waals surface area contributed by atoms with Crippen molar-refractivity contribution >= 4 is 8.80 Å². The Morgan fingerprint density at radius 2 is 1.71 bits per heavy atom. The maximum atomic E-state index is 2.52. The monoisotopic (exact) mass is 210 g/mol. The third-order valence-corrected chi connectivity index (χ3v) is 5.85. The molecule has 1 aliphatic rings. The molecule has 0 aromatic rings. The molecule has 0 bridgehead atoms. The Morgan fingerprint density at radius 1 is 1.21 bits per heavy atom. The minimum Gasteiger partial charge on any atom is -0.0882 e. The number of allylic oxidation sites excluding steroid dienone is 2. The zero-order valence-electron chi connectivity index (χ0n) is 10.5. The van der Waals surface area contributed by atoms with Gasteiger partial charge in [0.25, 0.3) is 0 Å². The first-order chi connectivity index (χ1) is 6.40. The molecule has 0 aliphatic heterocycles. The lowest BCUT2D eigenvalue weighted by molar-refractivity contribution is 0.324. The van der Waals surface area contributed by atoms with Crippen molar-refractivity contribution in [2.75, 3.05) is 0 Å². The van der Waals surface area contributed by atoms with E-state index in [9.17, 15) is 0 Å². The van der Waals surface area contributed by atoms with Crippen molar-refractivity contribution in [3.63, 3.8) is 0 Å². The molecule has 0 nitrogen and oxygen atoms in total. The highest BCUT2D eigenvalue weighted by atomic mass is 28.3. The van der Waals surface area contributed by atoms with Crippen LogP contribution in [0.15, 0.2) is 12.2 Å². The van der Waals surface area contributed by atoms with Gasteiger partial charge in [-0.15, -0.1) is 0 Å². The summed E-state index contributed by atoms with van der Waals surface area (Å²) in [5.41, 5.74) is 1.56. The maximum Gasteiger partial charge on any atom is 0.0340 e. The summed E-state index contributed by atoms with van der Waals surface area (Å²) < 4.78 is 0. The second kappa shape index (κ2) is 4.65. The smallest absolute Gasteiger partial charge is 0.0340 e. The highest BCUT2D eigenvalue weighted by Crippen LogP contribution is 2.40. The van der Waals surface area contributed by atoms with Crippen molar-refractivity contribution in [2.24, 2.45) is 11.3 Å². The van der Waals surface area contributed by atoms with Crippen LogP contribution in [0.4, 0.5) is 0 Å². The lowest BCUT2D eigenvalue weighted by Gasteiger charge is -2.32. The fourth-order valence-electron chi connectivity index (χ4n) is 2.64. The van der Waals surface area contributed by atoms with E-state index in [0.29, 0.717) is 5.41 Å². The zero-order valence-corrected chi connectivity index (χ0v) is 11.7. The summed E-state index contributed by atoms with van der Waals surface area (Å²) in [6, 6.07) is 0. The van der Waals surface area contributed by atoms with Gasteiger partial charge in [-0.1, -0.05) is 46.0 Å². The molecule has 0 saturated carbocycles. The highest BCUT2D eigenvalue weighted by Gasteiger charge is 2.29. The van der Waals surface area contributed by atoms with Crippen LogP contribution in [-0.4, -0.2) is 8.80 Å². The first kappa shape index (κ1) is 12.0. The van der Waals surface area contributed by atoms with Crippen LogP contribution in [-0.2, 0) is 0 Å². The second-order valence-electron chi connectivity index (χ2n) is 6.38. The Morgan fingerprint density at radius 3 is 2.07 bits per heavy atom. The molecule has 1 aliphatic carbocycles. The van der Waals surface area contributed by atoms with Crippen molar-refractivity contribution < 1.29 is 0 Å². The van der Waals surface area contributed by atoms with Crippen molar-refractivity contribution in [3.8, 4) is 0 Å². The summed E-state index contributed by atoms with van der Waals surface area (Å²) in [6.07, 6.45) is 8.91. The SMILES string of the molecule is C[SiH](C)C(CC(C)(C)C)C1CC=CC1. The number of rotatable bonds is 3. The lowest BCUT2D eigenvalue weighted by Crippen LogP contribution is -2.24. The third kappa shape index (κ3) is 3.60. The first-order valence-electron chi connectivity index (χ1n) is 6.05. The van der Waals surface area contributed by atoms with Gasteiger partial charge in [0.05, 0.1) is 0 Å². The Hall–Kier alpha value is -0.0431. The molecule has 0 N–H and O–H groups in total. The van der Waals surface area contributed by atoms with Gasteiger partial charge < -0.3 is 0 Å². The molecule has 82 valence electrons. The van der Waals surface area contributed by atoms with E-state index < -0.39 is 8.80 Å². The van der Waals surface area contributed by atoms with Crippen LogP contribution >= 0.6 is 0 Å². The van der Waals surface area contributed by atoms with E-state index >= 15 is 0 Å². The molecule has 1 unspecified atom stereocenters. The predicted molar refractivity (Wildman–Crippen MR) is 68.6 cm³/mol. The highest BCUT2D eigenvalue weighted by molar-refractivity contribution is 6.57. The van der Waals surface area contributed by atoms with E-state index in [1.54, 1.807) is 0 Å². The molecule has 0 amide bonds. The molecule has 0 fully saturated rings. The Kier molecular flexibility index (Phi) is 4.00. The molecular weight excluding hydrogens is 184 g/mol. The van der Waals surface area contributed by atoms with E-state index in [4.69, 9.17) is 0 Å².